The zero-order valence-electron chi connectivity index (χ0n) is 22.1. The number of likely N-dealkylation sites (N-methyl/N-ethyl adjacent to an activating group) is 1. The summed E-state index contributed by atoms with van der Waals surface area (Å²) in [4.78, 5) is 28.4. The molecular formula is C29H34ClN3O4S. The number of carbonyl (C=O) groups excluding carboxylic acids is 2. The number of amides is 2. The van der Waals surface area contributed by atoms with Crippen molar-refractivity contribution in [3.8, 4) is 0 Å². The molecule has 9 heteroatoms. The first-order chi connectivity index (χ1) is 18.1. The lowest BCUT2D eigenvalue weighted by Crippen LogP contribution is -2.52. The van der Waals surface area contributed by atoms with Crippen LogP contribution in [0.1, 0.15) is 37.0 Å². The van der Waals surface area contributed by atoms with Gasteiger partial charge in [-0.2, -0.15) is 0 Å². The minimum absolute atomic E-state index is 0.0387. The molecule has 0 aromatic heterocycles. The van der Waals surface area contributed by atoms with Crippen LogP contribution in [0, 0.1) is 13.8 Å². The fourth-order valence-electron chi connectivity index (χ4n) is 4.22. The van der Waals surface area contributed by atoms with Crippen LogP contribution in [0.3, 0.4) is 0 Å². The van der Waals surface area contributed by atoms with E-state index in [1.165, 1.54) is 17.0 Å². The summed E-state index contributed by atoms with van der Waals surface area (Å²) in [6, 6.07) is 19.8. The minimum Gasteiger partial charge on any atom is -0.355 e. The van der Waals surface area contributed by atoms with Crippen LogP contribution in [0.25, 0.3) is 0 Å². The van der Waals surface area contributed by atoms with Gasteiger partial charge in [-0.05, 0) is 57.0 Å². The number of para-hydroxylation sites is 1. The van der Waals surface area contributed by atoms with Gasteiger partial charge in [-0.15, -0.1) is 0 Å². The molecule has 0 aliphatic rings. The Hall–Kier alpha value is -3.36. The summed E-state index contributed by atoms with van der Waals surface area (Å²) in [6.07, 6.45) is 0.361. The molecule has 0 saturated heterocycles. The Kier molecular flexibility index (Phi) is 9.94. The van der Waals surface area contributed by atoms with Crippen LogP contribution in [-0.4, -0.2) is 44.3 Å². The maximum Gasteiger partial charge on any atom is 0.264 e. The standard InChI is InChI=1S/C29H34ClN3O4S/c1-5-26(29(35)31-6-2)32(19-23-11-9-10-22(4)18-23)28(34)20-33(27-13-8-7-12-25(27)30)38(36,37)24-16-14-21(3)15-17-24/h7-18,26H,5-6,19-20H2,1-4H3,(H,31,35)/t26-/m0/s1. The first-order valence-electron chi connectivity index (χ1n) is 12.5. The molecule has 3 rings (SSSR count). The van der Waals surface area contributed by atoms with E-state index in [4.69, 9.17) is 11.6 Å². The molecule has 3 aromatic rings. The topological polar surface area (TPSA) is 86.8 Å². The molecule has 3 aromatic carbocycles. The second-order valence-corrected chi connectivity index (χ2v) is 11.4. The number of rotatable bonds is 11. The molecule has 1 N–H and O–H groups in total. The number of aryl methyl sites for hydroxylation is 2. The van der Waals surface area contributed by atoms with Crippen LogP contribution in [0.5, 0.6) is 0 Å². The van der Waals surface area contributed by atoms with Gasteiger partial charge in [-0.25, -0.2) is 8.42 Å². The molecule has 0 aliphatic carbocycles. The molecule has 202 valence electrons. The fraction of sp³-hybridized carbons (Fsp3) is 0.310. The van der Waals surface area contributed by atoms with Crippen molar-refractivity contribution in [2.75, 3.05) is 17.4 Å². The Labute approximate surface area is 230 Å². The van der Waals surface area contributed by atoms with E-state index < -0.39 is 28.5 Å². The summed E-state index contributed by atoms with van der Waals surface area (Å²) in [5, 5.41) is 2.99. The number of carbonyl (C=O) groups is 2. The second-order valence-electron chi connectivity index (χ2n) is 9.11. The lowest BCUT2D eigenvalue weighted by atomic mass is 10.1. The molecule has 0 heterocycles. The number of benzene rings is 3. The largest absolute Gasteiger partial charge is 0.355 e. The molecule has 0 fully saturated rings. The van der Waals surface area contributed by atoms with Crippen molar-refractivity contribution in [1.29, 1.82) is 0 Å². The predicted molar refractivity (Wildman–Crippen MR) is 152 cm³/mol. The molecule has 1 atom stereocenters. The third kappa shape index (κ3) is 6.94. The molecule has 0 bridgehead atoms. The van der Waals surface area contributed by atoms with Crippen molar-refractivity contribution in [2.24, 2.45) is 0 Å². The van der Waals surface area contributed by atoms with Gasteiger partial charge in [-0.1, -0.05) is 78.2 Å². The normalized spacial score (nSPS) is 12.0. The number of sulfonamides is 1. The van der Waals surface area contributed by atoms with Crippen LogP contribution < -0.4 is 9.62 Å². The number of anilines is 1. The van der Waals surface area contributed by atoms with E-state index in [2.05, 4.69) is 5.32 Å². The summed E-state index contributed by atoms with van der Waals surface area (Å²) < 4.78 is 28.7. The van der Waals surface area contributed by atoms with Crippen molar-refractivity contribution in [3.63, 3.8) is 0 Å². The van der Waals surface area contributed by atoms with Crippen LogP contribution in [-0.2, 0) is 26.2 Å². The smallest absolute Gasteiger partial charge is 0.264 e. The van der Waals surface area contributed by atoms with Crippen LogP contribution in [0.2, 0.25) is 5.02 Å². The maximum atomic E-state index is 14.0. The first kappa shape index (κ1) is 29.2. The Morgan fingerprint density at radius 2 is 1.61 bits per heavy atom. The van der Waals surface area contributed by atoms with Gasteiger partial charge in [-0.3, -0.25) is 13.9 Å². The monoisotopic (exact) mass is 555 g/mol. The summed E-state index contributed by atoms with van der Waals surface area (Å²) in [5.41, 5.74) is 2.94. The van der Waals surface area contributed by atoms with Gasteiger partial charge in [0.2, 0.25) is 11.8 Å². The number of halogens is 1. The van der Waals surface area contributed by atoms with E-state index in [-0.39, 0.29) is 28.1 Å². The van der Waals surface area contributed by atoms with E-state index in [0.717, 1.165) is 21.0 Å². The van der Waals surface area contributed by atoms with Gasteiger partial charge in [0.1, 0.15) is 12.6 Å². The maximum absolute atomic E-state index is 14.0. The number of nitrogens with one attached hydrogen (secondary N) is 1. The zero-order valence-corrected chi connectivity index (χ0v) is 23.7. The van der Waals surface area contributed by atoms with Crippen molar-refractivity contribution in [2.45, 2.75) is 51.6 Å². The van der Waals surface area contributed by atoms with Gasteiger partial charge < -0.3 is 10.2 Å². The highest BCUT2D eigenvalue weighted by Gasteiger charge is 2.34. The minimum atomic E-state index is -4.16. The number of hydrogen-bond donors (Lipinski definition) is 1. The van der Waals surface area contributed by atoms with E-state index >= 15 is 0 Å². The highest BCUT2D eigenvalue weighted by atomic mass is 35.5. The van der Waals surface area contributed by atoms with Crippen molar-refractivity contribution >= 4 is 39.1 Å². The molecule has 0 saturated carbocycles. The third-order valence-electron chi connectivity index (χ3n) is 6.18. The lowest BCUT2D eigenvalue weighted by molar-refractivity contribution is -0.140. The van der Waals surface area contributed by atoms with Gasteiger partial charge in [0.15, 0.2) is 0 Å². The van der Waals surface area contributed by atoms with Crippen molar-refractivity contribution in [1.82, 2.24) is 10.2 Å². The number of hydrogen-bond acceptors (Lipinski definition) is 4. The molecular weight excluding hydrogens is 522 g/mol. The van der Waals surface area contributed by atoms with Crippen LogP contribution in [0.15, 0.2) is 77.7 Å². The average molecular weight is 556 g/mol. The highest BCUT2D eigenvalue weighted by molar-refractivity contribution is 7.92. The summed E-state index contributed by atoms with van der Waals surface area (Å²) in [6.45, 7) is 7.48. The Morgan fingerprint density at radius 3 is 2.21 bits per heavy atom. The van der Waals surface area contributed by atoms with Crippen molar-refractivity contribution < 1.29 is 18.0 Å². The van der Waals surface area contributed by atoms with Gasteiger partial charge in [0, 0.05) is 13.1 Å². The molecule has 38 heavy (non-hydrogen) atoms. The summed E-state index contributed by atoms with van der Waals surface area (Å²) in [5.74, 6) is -0.804. The quantitative estimate of drug-likeness (QED) is 0.357. The SMILES string of the molecule is CCNC(=O)[C@H](CC)N(Cc1cccc(C)c1)C(=O)CN(c1ccccc1Cl)S(=O)(=O)c1ccc(C)cc1. The third-order valence-corrected chi connectivity index (χ3v) is 8.27. The zero-order chi connectivity index (χ0) is 27.9. The van der Waals surface area contributed by atoms with Crippen LogP contribution in [0.4, 0.5) is 5.69 Å². The van der Waals surface area contributed by atoms with E-state index in [0.29, 0.717) is 13.0 Å². The Balaban J connectivity index is 2.07. The predicted octanol–water partition coefficient (Wildman–Crippen LogP) is 5.10. The van der Waals surface area contributed by atoms with Crippen LogP contribution >= 0.6 is 11.6 Å². The Bertz CT molecular complexity index is 1380. The lowest BCUT2D eigenvalue weighted by Gasteiger charge is -2.33. The van der Waals surface area contributed by atoms with E-state index in [9.17, 15) is 18.0 Å². The van der Waals surface area contributed by atoms with E-state index in [1.807, 2.05) is 52.0 Å². The summed E-state index contributed by atoms with van der Waals surface area (Å²) in [7, 11) is -4.16. The molecule has 0 spiro atoms. The van der Waals surface area contributed by atoms with Gasteiger partial charge in [0.05, 0.1) is 15.6 Å². The van der Waals surface area contributed by atoms with Crippen molar-refractivity contribution in [3.05, 3.63) is 94.5 Å². The number of nitrogens with zero attached hydrogens (tertiary/aromatic N) is 2. The van der Waals surface area contributed by atoms with Gasteiger partial charge >= 0.3 is 0 Å². The average Bonchev–Trinajstić information content (AvgIpc) is 2.88. The van der Waals surface area contributed by atoms with Gasteiger partial charge in [0.25, 0.3) is 10.0 Å². The summed E-state index contributed by atoms with van der Waals surface area (Å²) >= 11 is 6.43. The first-order valence-corrected chi connectivity index (χ1v) is 14.4. The molecule has 2 amide bonds. The molecule has 0 unspecified atom stereocenters. The molecule has 0 aliphatic heterocycles. The van der Waals surface area contributed by atoms with E-state index in [1.54, 1.807) is 36.4 Å². The second kappa shape index (κ2) is 12.9. The molecule has 7 nitrogen and oxygen atoms in total. The molecule has 0 radical (unpaired) electrons. The fourth-order valence-corrected chi connectivity index (χ4v) is 5.94. The Morgan fingerprint density at radius 1 is 0.921 bits per heavy atom. The highest BCUT2D eigenvalue weighted by Crippen LogP contribution is 2.31.